The Hall–Kier alpha value is -3.28. The number of benzene rings is 4. The Morgan fingerprint density at radius 1 is 0.610 bits per heavy atom. The quantitative estimate of drug-likeness (QED) is 0.221. The summed E-state index contributed by atoms with van der Waals surface area (Å²) in [6.07, 6.45) is 7.32. The van der Waals surface area contributed by atoms with Crippen LogP contribution in [0.5, 0.6) is 0 Å². The van der Waals surface area contributed by atoms with Gasteiger partial charge in [0.1, 0.15) is 0 Å². The lowest BCUT2D eigenvalue weighted by Gasteiger charge is -2.21. The molecule has 2 nitrogen and oxygen atoms in total. The van der Waals surface area contributed by atoms with Crippen LogP contribution >= 0.6 is 22.7 Å². The summed E-state index contributed by atoms with van der Waals surface area (Å²) in [7, 11) is 2.08. The fraction of sp³-hybridized carbons (Fsp3) is 0.243. The second-order valence-corrected chi connectivity index (χ2v) is 13.4. The van der Waals surface area contributed by atoms with Gasteiger partial charge in [0.15, 0.2) is 0 Å². The fourth-order valence-corrected chi connectivity index (χ4v) is 9.22. The largest absolute Gasteiger partial charge is 0.323 e. The van der Waals surface area contributed by atoms with Gasteiger partial charge in [-0.3, -0.25) is 0 Å². The van der Waals surface area contributed by atoms with Crippen molar-refractivity contribution in [2.45, 2.75) is 50.6 Å². The van der Waals surface area contributed by atoms with Crippen LogP contribution in [0.2, 0.25) is 0 Å². The molecule has 0 aliphatic heterocycles. The van der Waals surface area contributed by atoms with E-state index in [4.69, 9.17) is 5.73 Å². The zero-order valence-corrected chi connectivity index (χ0v) is 25.2. The summed E-state index contributed by atoms with van der Waals surface area (Å²) in [5, 5.41) is 6.36. The summed E-state index contributed by atoms with van der Waals surface area (Å²) in [5.74, 6) is 0. The molecule has 2 aromatic heterocycles. The number of hydrogen-bond donors (Lipinski definition) is 2. The second-order valence-electron chi connectivity index (χ2n) is 11.3. The summed E-state index contributed by atoms with van der Waals surface area (Å²) < 4.78 is 2.81. The molecule has 2 unspecified atom stereocenters. The second kappa shape index (κ2) is 11.5. The van der Waals surface area contributed by atoms with Crippen LogP contribution in [-0.4, -0.2) is 7.05 Å². The van der Waals surface area contributed by atoms with Gasteiger partial charge >= 0.3 is 0 Å². The molecule has 8 rings (SSSR count). The van der Waals surface area contributed by atoms with Crippen LogP contribution in [0.1, 0.15) is 58.6 Å². The zero-order valence-electron chi connectivity index (χ0n) is 23.5. The van der Waals surface area contributed by atoms with E-state index in [-0.39, 0.29) is 6.04 Å². The average Bonchev–Trinajstić information content (AvgIpc) is 3.61. The summed E-state index contributed by atoms with van der Waals surface area (Å²) in [4.78, 5) is 2.97. The highest BCUT2D eigenvalue weighted by Gasteiger charge is 2.24. The highest BCUT2D eigenvalue weighted by Crippen LogP contribution is 2.43. The summed E-state index contributed by atoms with van der Waals surface area (Å²) >= 11 is 3.86. The Morgan fingerprint density at radius 2 is 1.12 bits per heavy atom. The molecule has 2 aliphatic rings. The first-order chi connectivity index (χ1) is 20.2. The molecule has 0 bridgehead atoms. The maximum atomic E-state index is 6.27. The Morgan fingerprint density at radius 3 is 1.68 bits per heavy atom. The highest BCUT2D eigenvalue weighted by atomic mass is 32.1. The van der Waals surface area contributed by atoms with E-state index in [1.54, 1.807) is 10.4 Å². The van der Waals surface area contributed by atoms with Crippen LogP contribution in [0.4, 0.5) is 0 Å². The normalized spacial score (nSPS) is 18.0. The molecule has 0 saturated carbocycles. The van der Waals surface area contributed by atoms with Gasteiger partial charge in [0, 0.05) is 31.2 Å². The van der Waals surface area contributed by atoms with E-state index in [9.17, 15) is 0 Å². The van der Waals surface area contributed by atoms with Gasteiger partial charge < -0.3 is 11.1 Å². The molecule has 0 saturated heterocycles. The molecule has 41 heavy (non-hydrogen) atoms. The van der Waals surface area contributed by atoms with Gasteiger partial charge in [-0.2, -0.15) is 0 Å². The van der Waals surface area contributed by atoms with Crippen LogP contribution in [0.15, 0.2) is 97.1 Å². The molecular formula is C37H36N2S2. The Bertz CT molecular complexity index is 1800. The van der Waals surface area contributed by atoms with Crippen molar-refractivity contribution in [1.29, 1.82) is 0 Å². The first-order valence-electron chi connectivity index (χ1n) is 14.8. The lowest BCUT2D eigenvalue weighted by Crippen LogP contribution is -2.19. The number of nitrogens with two attached hydrogens (primary N) is 1. The molecule has 3 N–H and O–H groups in total. The topological polar surface area (TPSA) is 38.0 Å². The van der Waals surface area contributed by atoms with Crippen molar-refractivity contribution in [2.24, 2.45) is 5.73 Å². The molecule has 2 aliphatic carbocycles. The molecular weight excluding hydrogens is 537 g/mol. The standard InChI is InChI=1S/C19H19NS.C18H17NS/c1-20-17-9-5-8-15-16-12-14(13-6-3-2-4-7-13)10-11-18(16)21-19(15)17;19-16-8-4-7-14-15-11-13(12-5-2-1-3-6-12)9-10-17(15)20-18(14)16/h2-4,6-7,10-12,17,20H,5,8-9H2,1H3;1-3,5-6,9-11,16H,4,7-8,19H2. The lowest BCUT2D eigenvalue weighted by atomic mass is 9.91. The molecule has 0 spiro atoms. The third-order valence-electron chi connectivity index (χ3n) is 8.72. The number of nitrogens with one attached hydrogen (secondary N) is 1. The molecule has 4 heteroatoms. The molecule has 2 heterocycles. The molecule has 0 fully saturated rings. The third-order valence-corrected chi connectivity index (χ3v) is 11.4. The number of rotatable bonds is 3. The van der Waals surface area contributed by atoms with Crippen molar-refractivity contribution in [3.05, 3.63) is 118 Å². The van der Waals surface area contributed by atoms with Crippen molar-refractivity contribution >= 4 is 42.8 Å². The average molecular weight is 573 g/mol. The minimum Gasteiger partial charge on any atom is -0.323 e. The molecule has 4 aromatic carbocycles. The minimum atomic E-state index is 0.247. The van der Waals surface area contributed by atoms with E-state index < -0.39 is 0 Å². The highest BCUT2D eigenvalue weighted by molar-refractivity contribution is 7.19. The summed E-state index contributed by atoms with van der Waals surface area (Å²) in [6.45, 7) is 0. The number of fused-ring (bicyclic) bond motifs is 6. The Kier molecular flexibility index (Phi) is 7.49. The maximum absolute atomic E-state index is 6.27. The van der Waals surface area contributed by atoms with Crippen molar-refractivity contribution in [3.8, 4) is 22.3 Å². The van der Waals surface area contributed by atoms with Gasteiger partial charge in [-0.15, -0.1) is 22.7 Å². The van der Waals surface area contributed by atoms with Crippen LogP contribution in [0.3, 0.4) is 0 Å². The number of hydrogen-bond acceptors (Lipinski definition) is 4. The summed E-state index contributed by atoms with van der Waals surface area (Å²) in [6, 6.07) is 35.8. The van der Waals surface area contributed by atoms with Gasteiger partial charge in [-0.1, -0.05) is 72.8 Å². The Labute approximate surface area is 250 Å². The predicted molar refractivity (Wildman–Crippen MR) is 179 cm³/mol. The lowest BCUT2D eigenvalue weighted by molar-refractivity contribution is 0.507. The molecule has 206 valence electrons. The van der Waals surface area contributed by atoms with E-state index >= 15 is 0 Å². The van der Waals surface area contributed by atoms with Crippen molar-refractivity contribution in [2.75, 3.05) is 7.05 Å². The van der Waals surface area contributed by atoms with Crippen LogP contribution in [-0.2, 0) is 12.8 Å². The van der Waals surface area contributed by atoms with Crippen molar-refractivity contribution in [1.82, 2.24) is 5.32 Å². The third kappa shape index (κ3) is 5.15. The van der Waals surface area contributed by atoms with Crippen LogP contribution in [0.25, 0.3) is 42.4 Å². The van der Waals surface area contributed by atoms with Gasteiger partial charge in [0.05, 0.1) is 0 Å². The first kappa shape index (κ1) is 26.6. The minimum absolute atomic E-state index is 0.247. The van der Waals surface area contributed by atoms with E-state index in [2.05, 4.69) is 109 Å². The fourth-order valence-electron chi connectivity index (χ4n) is 6.57. The van der Waals surface area contributed by atoms with Gasteiger partial charge in [-0.25, -0.2) is 0 Å². The van der Waals surface area contributed by atoms with Crippen LogP contribution < -0.4 is 11.1 Å². The van der Waals surface area contributed by atoms with Gasteiger partial charge in [0.2, 0.25) is 0 Å². The number of aryl methyl sites for hydroxylation is 2. The SMILES string of the molecule is CNC1CCCc2c1sc1ccc(-c3ccccc3)cc21.NC1CCCc2c1sc1ccc(-c3ccccc3)cc21. The number of thiophene rings is 2. The van der Waals surface area contributed by atoms with Crippen molar-refractivity contribution in [3.63, 3.8) is 0 Å². The molecule has 6 aromatic rings. The zero-order chi connectivity index (χ0) is 27.8. The molecule has 0 amide bonds. The Balaban J connectivity index is 0.000000135. The smallest absolute Gasteiger partial charge is 0.0415 e. The molecule has 2 atom stereocenters. The maximum Gasteiger partial charge on any atom is 0.0415 e. The monoisotopic (exact) mass is 572 g/mol. The van der Waals surface area contributed by atoms with Gasteiger partial charge in [0.25, 0.3) is 0 Å². The predicted octanol–water partition coefficient (Wildman–Crippen LogP) is 10.1. The first-order valence-corrected chi connectivity index (χ1v) is 16.5. The van der Waals surface area contributed by atoms with Crippen LogP contribution in [0, 0.1) is 0 Å². The van der Waals surface area contributed by atoms with E-state index in [1.807, 2.05) is 22.7 Å². The van der Waals surface area contributed by atoms with E-state index in [0.717, 1.165) is 6.42 Å². The van der Waals surface area contributed by atoms with E-state index in [1.165, 1.54) is 85.0 Å². The van der Waals surface area contributed by atoms with E-state index in [0.29, 0.717) is 6.04 Å². The molecule has 0 radical (unpaired) electrons. The summed E-state index contributed by atoms with van der Waals surface area (Å²) in [5.41, 5.74) is 14.6. The van der Waals surface area contributed by atoms with Gasteiger partial charge in [-0.05, 0) is 114 Å². The van der Waals surface area contributed by atoms with Crippen molar-refractivity contribution < 1.29 is 0 Å².